The third kappa shape index (κ3) is 4.13. The molecule has 3 heterocycles. The van der Waals surface area contributed by atoms with Gasteiger partial charge in [0.1, 0.15) is 11.6 Å². The van der Waals surface area contributed by atoms with Crippen molar-refractivity contribution in [2.45, 2.75) is 5.25 Å². The summed E-state index contributed by atoms with van der Waals surface area (Å²) in [6.45, 7) is 2.80. The summed E-state index contributed by atoms with van der Waals surface area (Å²) in [4.78, 5) is 15.1. The van der Waals surface area contributed by atoms with Crippen LogP contribution in [0.5, 0.6) is 0 Å². The first-order chi connectivity index (χ1) is 15.1. The lowest BCUT2D eigenvalue weighted by atomic mass is 10.1. The summed E-state index contributed by atoms with van der Waals surface area (Å²) in [5, 5.41) is 0.982. The SMILES string of the molecule is Fc1ccc(C(S)c2cc(N3CCOCC3)nc(-c3ccc4[nH]ccc4c3)n2)c(Cl)c1. The molecule has 1 N–H and O–H groups in total. The normalized spacial score (nSPS) is 15.4. The van der Waals surface area contributed by atoms with Crippen LogP contribution in [-0.4, -0.2) is 41.3 Å². The molecule has 1 fully saturated rings. The van der Waals surface area contributed by atoms with Crippen LogP contribution in [0.25, 0.3) is 22.3 Å². The Labute approximate surface area is 189 Å². The predicted octanol–water partition coefficient (Wildman–Crippen LogP) is 5.27. The molecule has 5 rings (SSSR count). The van der Waals surface area contributed by atoms with Gasteiger partial charge in [0, 0.05) is 46.8 Å². The number of anilines is 1. The molecular weight excluding hydrogens is 435 g/mol. The maximum Gasteiger partial charge on any atom is 0.161 e. The predicted molar refractivity (Wildman–Crippen MR) is 125 cm³/mol. The van der Waals surface area contributed by atoms with Gasteiger partial charge in [0.2, 0.25) is 0 Å². The van der Waals surface area contributed by atoms with Crippen LogP contribution < -0.4 is 4.90 Å². The van der Waals surface area contributed by atoms with Crippen LogP contribution in [0.2, 0.25) is 5.02 Å². The van der Waals surface area contributed by atoms with E-state index in [2.05, 4.69) is 16.0 Å². The fourth-order valence-corrected chi connectivity index (χ4v) is 4.46. The Morgan fingerprint density at radius 3 is 2.71 bits per heavy atom. The molecule has 1 aliphatic heterocycles. The van der Waals surface area contributed by atoms with Crippen LogP contribution in [0, 0.1) is 5.82 Å². The third-order valence-corrected chi connectivity index (χ3v) is 6.29. The number of nitrogens with one attached hydrogen (secondary N) is 1. The molecule has 0 amide bonds. The van der Waals surface area contributed by atoms with E-state index in [-0.39, 0.29) is 5.82 Å². The summed E-state index contributed by atoms with van der Waals surface area (Å²) < 4.78 is 19.0. The van der Waals surface area contributed by atoms with E-state index in [0.29, 0.717) is 35.3 Å². The Bertz CT molecular complexity index is 1240. The number of thiol groups is 1. The quantitative estimate of drug-likeness (QED) is 0.412. The molecule has 1 aliphatic rings. The number of benzene rings is 2. The standard InChI is InChI=1S/C23H20ClFN4OS/c24-18-12-16(25)2-3-17(18)22(31)20-13-21(29-7-9-30-10-8-29)28-23(27-20)15-1-4-19-14(11-15)5-6-26-19/h1-6,11-13,22,26,31H,7-10H2. The Kier molecular flexibility index (Phi) is 5.56. The number of aromatic nitrogens is 3. The van der Waals surface area contributed by atoms with Gasteiger partial charge in [-0.3, -0.25) is 0 Å². The lowest BCUT2D eigenvalue weighted by Crippen LogP contribution is -2.37. The first kappa shape index (κ1) is 20.3. The summed E-state index contributed by atoms with van der Waals surface area (Å²) >= 11 is 11.1. The van der Waals surface area contributed by atoms with Crippen LogP contribution in [0.15, 0.2) is 54.7 Å². The summed E-state index contributed by atoms with van der Waals surface area (Å²) in [6.07, 6.45) is 1.91. The number of H-pyrrole nitrogens is 1. The molecular formula is C23H20ClFN4OS. The molecule has 8 heteroatoms. The minimum absolute atomic E-state index is 0.321. The lowest BCUT2D eigenvalue weighted by Gasteiger charge is -2.28. The van der Waals surface area contributed by atoms with Gasteiger partial charge in [-0.1, -0.05) is 17.7 Å². The van der Waals surface area contributed by atoms with Crippen LogP contribution >= 0.6 is 24.2 Å². The number of aromatic amines is 1. The van der Waals surface area contributed by atoms with Gasteiger partial charge < -0.3 is 14.6 Å². The smallest absolute Gasteiger partial charge is 0.161 e. The lowest BCUT2D eigenvalue weighted by molar-refractivity contribution is 0.122. The van der Waals surface area contributed by atoms with Gasteiger partial charge in [0.05, 0.1) is 24.2 Å². The Hall–Kier alpha value is -2.61. The number of nitrogens with zero attached hydrogens (tertiary/aromatic N) is 3. The van der Waals surface area contributed by atoms with E-state index in [4.69, 9.17) is 38.9 Å². The Morgan fingerprint density at radius 1 is 1.06 bits per heavy atom. The number of hydrogen-bond donors (Lipinski definition) is 2. The summed E-state index contributed by atoms with van der Waals surface area (Å²) in [5.41, 5.74) is 3.37. The van der Waals surface area contributed by atoms with E-state index in [0.717, 1.165) is 35.4 Å². The van der Waals surface area contributed by atoms with Gasteiger partial charge in [0.15, 0.2) is 5.82 Å². The number of rotatable bonds is 4. The average Bonchev–Trinajstić information content (AvgIpc) is 3.27. The number of ether oxygens (including phenoxy) is 1. The van der Waals surface area contributed by atoms with Crippen molar-refractivity contribution in [3.05, 3.63) is 76.8 Å². The molecule has 0 saturated carbocycles. The second kappa shape index (κ2) is 8.49. The van der Waals surface area contributed by atoms with Crippen molar-refractivity contribution in [1.82, 2.24) is 15.0 Å². The number of hydrogen-bond acceptors (Lipinski definition) is 5. The zero-order valence-electron chi connectivity index (χ0n) is 16.6. The topological polar surface area (TPSA) is 54.0 Å². The number of fused-ring (bicyclic) bond motifs is 1. The van der Waals surface area contributed by atoms with E-state index in [9.17, 15) is 4.39 Å². The molecule has 0 radical (unpaired) electrons. The van der Waals surface area contributed by atoms with E-state index in [1.165, 1.54) is 12.1 Å². The molecule has 158 valence electrons. The van der Waals surface area contributed by atoms with Crippen molar-refractivity contribution in [3.63, 3.8) is 0 Å². The minimum Gasteiger partial charge on any atom is -0.378 e. The molecule has 1 atom stereocenters. The van der Waals surface area contributed by atoms with Gasteiger partial charge in [-0.25, -0.2) is 14.4 Å². The highest BCUT2D eigenvalue weighted by Crippen LogP contribution is 2.35. The third-order valence-electron chi connectivity index (χ3n) is 5.42. The fourth-order valence-electron chi connectivity index (χ4n) is 3.75. The molecule has 31 heavy (non-hydrogen) atoms. The zero-order chi connectivity index (χ0) is 21.4. The van der Waals surface area contributed by atoms with Gasteiger partial charge in [-0.2, -0.15) is 12.6 Å². The number of morpholine rings is 1. The summed E-state index contributed by atoms with van der Waals surface area (Å²) in [7, 11) is 0. The van der Waals surface area contributed by atoms with Crippen molar-refractivity contribution >= 4 is 41.0 Å². The molecule has 0 aliphatic carbocycles. The van der Waals surface area contributed by atoms with Crippen LogP contribution in [0.1, 0.15) is 16.5 Å². The Balaban J connectivity index is 1.61. The minimum atomic E-state index is -0.425. The summed E-state index contributed by atoms with van der Waals surface area (Å²) in [5.74, 6) is 1.04. The van der Waals surface area contributed by atoms with Crippen LogP contribution in [-0.2, 0) is 4.74 Å². The van der Waals surface area contributed by atoms with Crippen LogP contribution in [0.3, 0.4) is 0 Å². The molecule has 1 unspecified atom stereocenters. The van der Waals surface area contributed by atoms with E-state index in [1.807, 2.05) is 30.5 Å². The van der Waals surface area contributed by atoms with Crippen molar-refractivity contribution in [1.29, 1.82) is 0 Å². The molecule has 0 spiro atoms. The van der Waals surface area contributed by atoms with Crippen molar-refractivity contribution in [2.75, 3.05) is 31.2 Å². The highest BCUT2D eigenvalue weighted by atomic mass is 35.5. The zero-order valence-corrected chi connectivity index (χ0v) is 18.2. The van der Waals surface area contributed by atoms with Crippen LogP contribution in [0.4, 0.5) is 10.2 Å². The Morgan fingerprint density at radius 2 is 1.90 bits per heavy atom. The van der Waals surface area contributed by atoms with Gasteiger partial charge in [-0.05, 0) is 42.0 Å². The largest absolute Gasteiger partial charge is 0.378 e. The first-order valence-electron chi connectivity index (χ1n) is 10.0. The van der Waals surface area contributed by atoms with Gasteiger partial charge in [0.25, 0.3) is 0 Å². The average molecular weight is 455 g/mol. The van der Waals surface area contributed by atoms with Crippen molar-refractivity contribution in [3.8, 4) is 11.4 Å². The first-order valence-corrected chi connectivity index (χ1v) is 10.9. The van der Waals surface area contributed by atoms with Gasteiger partial charge >= 0.3 is 0 Å². The van der Waals surface area contributed by atoms with E-state index in [1.54, 1.807) is 6.07 Å². The molecule has 5 nitrogen and oxygen atoms in total. The highest BCUT2D eigenvalue weighted by molar-refractivity contribution is 7.80. The second-order valence-corrected chi connectivity index (χ2v) is 8.35. The fraction of sp³-hybridized carbons (Fsp3) is 0.217. The highest BCUT2D eigenvalue weighted by Gasteiger charge is 2.21. The molecule has 2 aromatic carbocycles. The van der Waals surface area contributed by atoms with Crippen molar-refractivity contribution < 1.29 is 9.13 Å². The summed E-state index contributed by atoms with van der Waals surface area (Å²) in [6, 6.07) is 14.4. The second-order valence-electron chi connectivity index (χ2n) is 7.42. The number of halogens is 2. The maximum atomic E-state index is 13.6. The molecule has 4 aromatic rings. The van der Waals surface area contributed by atoms with Crippen molar-refractivity contribution in [2.24, 2.45) is 0 Å². The molecule has 0 bridgehead atoms. The maximum absolute atomic E-state index is 13.6. The monoisotopic (exact) mass is 454 g/mol. The molecule has 2 aromatic heterocycles. The van der Waals surface area contributed by atoms with E-state index < -0.39 is 5.25 Å². The van der Waals surface area contributed by atoms with Gasteiger partial charge in [-0.15, -0.1) is 0 Å². The molecule has 1 saturated heterocycles. The van der Waals surface area contributed by atoms with E-state index >= 15 is 0 Å².